The third kappa shape index (κ3) is 7.40. The van der Waals surface area contributed by atoms with E-state index in [1.165, 1.54) is 6.07 Å². The normalized spacial score (nSPS) is 14.1. The molecule has 1 aromatic rings. The molecule has 0 aliphatic carbocycles. The van der Waals surface area contributed by atoms with E-state index in [2.05, 4.69) is 20.9 Å². The Bertz CT molecular complexity index is 686. The first kappa shape index (κ1) is 20.9. The van der Waals surface area contributed by atoms with Crippen molar-refractivity contribution in [2.24, 2.45) is 10.2 Å². The van der Waals surface area contributed by atoms with Crippen molar-refractivity contribution in [1.82, 2.24) is 10.6 Å². The number of nitrogens with zero attached hydrogens (tertiary/aromatic N) is 3. The van der Waals surface area contributed by atoms with Gasteiger partial charge in [-0.25, -0.2) is 0 Å². The van der Waals surface area contributed by atoms with Crippen molar-refractivity contribution in [3.8, 4) is 0 Å². The number of hydrogen-bond donors (Lipinski definition) is 3. The standard InChI is InChI=1S/C18H27N5O4/c1-18(21-22-18)8-7-17(25)20-10-4-2-3-9-19-12-14-5-6-15(13-24)16(11-14)23(26)27/h5-6,11,19,24H,2-4,7-10,12-13H2,1H3,(H,20,25). The van der Waals surface area contributed by atoms with Gasteiger partial charge in [-0.3, -0.25) is 14.9 Å². The van der Waals surface area contributed by atoms with Crippen molar-refractivity contribution in [3.05, 3.63) is 39.4 Å². The highest BCUT2D eigenvalue weighted by atomic mass is 16.6. The zero-order valence-electron chi connectivity index (χ0n) is 15.6. The topological polar surface area (TPSA) is 129 Å². The van der Waals surface area contributed by atoms with Crippen LogP contribution < -0.4 is 10.6 Å². The summed E-state index contributed by atoms with van der Waals surface area (Å²) in [7, 11) is 0. The Labute approximate surface area is 158 Å². The molecule has 9 heteroatoms. The number of nitro groups is 1. The van der Waals surface area contributed by atoms with Crippen LogP contribution in [0.2, 0.25) is 0 Å². The molecule has 0 unspecified atom stereocenters. The summed E-state index contributed by atoms with van der Waals surface area (Å²) < 4.78 is 0. The summed E-state index contributed by atoms with van der Waals surface area (Å²) in [6.07, 6.45) is 3.98. The Hall–Kier alpha value is -2.39. The second-order valence-electron chi connectivity index (χ2n) is 6.88. The molecule has 0 saturated carbocycles. The van der Waals surface area contributed by atoms with Gasteiger partial charge < -0.3 is 15.7 Å². The van der Waals surface area contributed by atoms with E-state index >= 15 is 0 Å². The molecule has 0 atom stereocenters. The van der Waals surface area contributed by atoms with E-state index in [0.29, 0.717) is 31.5 Å². The van der Waals surface area contributed by atoms with Crippen molar-refractivity contribution < 1.29 is 14.8 Å². The third-order valence-corrected chi connectivity index (χ3v) is 4.47. The molecular weight excluding hydrogens is 350 g/mol. The molecule has 0 aromatic heterocycles. The Balaban J connectivity index is 1.51. The lowest BCUT2D eigenvalue weighted by molar-refractivity contribution is -0.385. The number of aliphatic hydroxyl groups is 1. The number of benzene rings is 1. The van der Waals surface area contributed by atoms with Crippen LogP contribution in [0.3, 0.4) is 0 Å². The molecule has 3 N–H and O–H groups in total. The van der Waals surface area contributed by atoms with Gasteiger partial charge in [-0.1, -0.05) is 12.5 Å². The molecule has 2 rings (SSSR count). The lowest BCUT2D eigenvalue weighted by Crippen LogP contribution is -2.25. The van der Waals surface area contributed by atoms with Crippen LogP contribution in [-0.4, -0.2) is 34.7 Å². The van der Waals surface area contributed by atoms with Gasteiger partial charge in [0.15, 0.2) is 5.66 Å². The highest BCUT2D eigenvalue weighted by molar-refractivity contribution is 5.75. The molecule has 9 nitrogen and oxygen atoms in total. The molecular formula is C18H27N5O4. The fourth-order valence-electron chi connectivity index (χ4n) is 2.66. The lowest BCUT2D eigenvalue weighted by Gasteiger charge is -2.08. The number of aliphatic hydroxyl groups excluding tert-OH is 1. The summed E-state index contributed by atoms with van der Waals surface area (Å²) in [5.74, 6) is 0.0413. The molecule has 0 spiro atoms. The maximum Gasteiger partial charge on any atom is 0.275 e. The predicted octanol–water partition coefficient (Wildman–Crippen LogP) is 2.43. The van der Waals surface area contributed by atoms with E-state index in [-0.39, 0.29) is 23.9 Å². The van der Waals surface area contributed by atoms with E-state index < -0.39 is 4.92 Å². The van der Waals surface area contributed by atoms with Crippen LogP contribution in [0.1, 0.15) is 50.2 Å². The molecule has 0 radical (unpaired) electrons. The van der Waals surface area contributed by atoms with Gasteiger partial charge in [-0.2, -0.15) is 10.2 Å². The minimum atomic E-state index is -0.474. The second kappa shape index (κ2) is 10.1. The largest absolute Gasteiger partial charge is 0.391 e. The van der Waals surface area contributed by atoms with Crippen LogP contribution in [0.4, 0.5) is 5.69 Å². The smallest absolute Gasteiger partial charge is 0.275 e. The number of hydrogen-bond acceptors (Lipinski definition) is 7. The van der Waals surface area contributed by atoms with Crippen LogP contribution in [0.25, 0.3) is 0 Å². The van der Waals surface area contributed by atoms with Crippen LogP contribution in [-0.2, 0) is 17.9 Å². The fourth-order valence-corrected chi connectivity index (χ4v) is 2.66. The zero-order valence-corrected chi connectivity index (χ0v) is 15.6. The van der Waals surface area contributed by atoms with E-state index in [1.54, 1.807) is 12.1 Å². The number of nitrogens with one attached hydrogen (secondary N) is 2. The number of amides is 1. The average molecular weight is 377 g/mol. The molecule has 1 aliphatic rings. The maximum absolute atomic E-state index is 11.7. The minimum Gasteiger partial charge on any atom is -0.391 e. The van der Waals surface area contributed by atoms with Crippen LogP contribution >= 0.6 is 0 Å². The van der Waals surface area contributed by atoms with Gasteiger partial charge in [-0.15, -0.1) is 0 Å². The average Bonchev–Trinajstić information content (AvgIpc) is 3.39. The van der Waals surface area contributed by atoms with Gasteiger partial charge in [0.2, 0.25) is 5.91 Å². The molecule has 27 heavy (non-hydrogen) atoms. The monoisotopic (exact) mass is 377 g/mol. The first-order valence-electron chi connectivity index (χ1n) is 9.22. The van der Waals surface area contributed by atoms with Crippen molar-refractivity contribution in [1.29, 1.82) is 0 Å². The minimum absolute atomic E-state index is 0.0413. The van der Waals surface area contributed by atoms with Gasteiger partial charge in [0.1, 0.15) is 0 Å². The van der Waals surface area contributed by atoms with Gasteiger partial charge >= 0.3 is 0 Å². The van der Waals surface area contributed by atoms with Gasteiger partial charge in [0.25, 0.3) is 5.69 Å². The molecule has 1 aromatic carbocycles. The van der Waals surface area contributed by atoms with Crippen LogP contribution in [0, 0.1) is 10.1 Å². The summed E-state index contributed by atoms with van der Waals surface area (Å²) in [6, 6.07) is 4.87. The molecule has 0 fully saturated rings. The molecule has 0 bridgehead atoms. The van der Waals surface area contributed by atoms with E-state index in [4.69, 9.17) is 5.11 Å². The highest BCUT2D eigenvalue weighted by Gasteiger charge is 2.33. The quantitative estimate of drug-likeness (QED) is 0.276. The van der Waals surface area contributed by atoms with E-state index in [9.17, 15) is 14.9 Å². The van der Waals surface area contributed by atoms with Crippen molar-refractivity contribution in [3.63, 3.8) is 0 Å². The van der Waals surface area contributed by atoms with Gasteiger partial charge in [0, 0.05) is 32.0 Å². The maximum atomic E-state index is 11.7. The molecule has 1 amide bonds. The Morgan fingerprint density at radius 2 is 2.00 bits per heavy atom. The number of nitro benzene ring substituents is 1. The summed E-state index contributed by atoms with van der Waals surface area (Å²) in [4.78, 5) is 22.2. The first-order valence-corrected chi connectivity index (χ1v) is 9.22. The summed E-state index contributed by atoms with van der Waals surface area (Å²) in [5.41, 5.74) is 0.766. The number of unbranched alkanes of at least 4 members (excludes halogenated alkanes) is 2. The number of carbonyl (C=O) groups excluding carboxylic acids is 1. The summed E-state index contributed by atoms with van der Waals surface area (Å²) in [6.45, 7) is 3.57. The fraction of sp³-hybridized carbons (Fsp3) is 0.611. The van der Waals surface area contributed by atoms with Gasteiger partial charge in [-0.05, 0) is 37.9 Å². The highest BCUT2D eigenvalue weighted by Crippen LogP contribution is 2.31. The number of carbonyl (C=O) groups is 1. The molecule has 1 heterocycles. The van der Waals surface area contributed by atoms with Crippen molar-refractivity contribution in [2.45, 2.75) is 57.8 Å². The SMILES string of the molecule is CC1(CCC(=O)NCCCCCNCc2ccc(CO)c([N+](=O)[O-])c2)N=N1. The van der Waals surface area contributed by atoms with Crippen molar-refractivity contribution >= 4 is 11.6 Å². The second-order valence-corrected chi connectivity index (χ2v) is 6.88. The molecule has 0 saturated heterocycles. The summed E-state index contributed by atoms with van der Waals surface area (Å²) >= 11 is 0. The van der Waals surface area contributed by atoms with Crippen molar-refractivity contribution in [2.75, 3.05) is 13.1 Å². The first-order chi connectivity index (χ1) is 12.9. The Morgan fingerprint density at radius 3 is 2.67 bits per heavy atom. The van der Waals surface area contributed by atoms with E-state index in [1.807, 2.05) is 6.92 Å². The number of rotatable bonds is 13. The zero-order chi connectivity index (χ0) is 19.7. The van der Waals surface area contributed by atoms with Gasteiger partial charge in [0.05, 0.1) is 17.1 Å². The van der Waals surface area contributed by atoms with Crippen LogP contribution in [0.5, 0.6) is 0 Å². The third-order valence-electron chi connectivity index (χ3n) is 4.47. The lowest BCUT2D eigenvalue weighted by atomic mass is 10.1. The molecule has 148 valence electrons. The Kier molecular flexibility index (Phi) is 7.81. The predicted molar refractivity (Wildman–Crippen MR) is 100 cm³/mol. The van der Waals surface area contributed by atoms with Crippen LogP contribution in [0.15, 0.2) is 28.4 Å². The summed E-state index contributed by atoms with van der Waals surface area (Å²) in [5, 5.41) is 34.0. The Morgan fingerprint density at radius 1 is 1.26 bits per heavy atom. The van der Waals surface area contributed by atoms with E-state index in [0.717, 1.165) is 31.4 Å². The molecule has 1 aliphatic heterocycles.